The molecular formula is C42H24N2O. The highest BCUT2D eigenvalue weighted by atomic mass is 16.3. The van der Waals surface area contributed by atoms with Crippen LogP contribution in [0.25, 0.3) is 98.6 Å². The van der Waals surface area contributed by atoms with Crippen molar-refractivity contribution in [1.82, 2.24) is 9.97 Å². The average molecular weight is 573 g/mol. The Labute approximate surface area is 258 Å². The Balaban J connectivity index is 1.38. The van der Waals surface area contributed by atoms with Crippen LogP contribution in [0.4, 0.5) is 0 Å². The van der Waals surface area contributed by atoms with Crippen molar-refractivity contribution in [3.8, 4) is 22.5 Å². The standard InChI is InChI=1S/C42H24N2O/c1-3-12-27-25(10-1)20-21-30-29(27)22-23-31-34(24-26-11-2-4-13-28(26)39(30)31)42-41(43-35-16-6-7-17-36(35)44-42)33-15-9-19-38-40(33)32-14-5-8-18-37(32)45-38/h1-24H. The highest BCUT2D eigenvalue weighted by Crippen LogP contribution is 2.44. The Morgan fingerprint density at radius 1 is 0.356 bits per heavy atom. The summed E-state index contributed by atoms with van der Waals surface area (Å²) >= 11 is 0. The summed E-state index contributed by atoms with van der Waals surface area (Å²) in [5.74, 6) is 0. The number of furan rings is 1. The smallest absolute Gasteiger partial charge is 0.136 e. The zero-order valence-electron chi connectivity index (χ0n) is 24.2. The van der Waals surface area contributed by atoms with Crippen molar-refractivity contribution in [2.24, 2.45) is 0 Å². The Kier molecular flexibility index (Phi) is 5.00. The SMILES string of the molecule is c1ccc2c(c1)ccc1c2ccc2c(-c3nc4ccccc4nc3-c3cccc4oc5ccccc5c34)cc3ccccc3c21. The van der Waals surface area contributed by atoms with Crippen LogP contribution in [-0.2, 0) is 0 Å². The molecule has 0 spiro atoms. The van der Waals surface area contributed by atoms with Gasteiger partial charge in [0, 0.05) is 21.9 Å². The first-order chi connectivity index (χ1) is 22.3. The van der Waals surface area contributed by atoms with Crippen molar-refractivity contribution < 1.29 is 4.42 Å². The summed E-state index contributed by atoms with van der Waals surface area (Å²) in [7, 11) is 0. The second-order valence-electron chi connectivity index (χ2n) is 11.7. The maximum atomic E-state index is 6.31. The molecule has 0 saturated heterocycles. The summed E-state index contributed by atoms with van der Waals surface area (Å²) < 4.78 is 6.31. The van der Waals surface area contributed by atoms with Gasteiger partial charge in [0.15, 0.2) is 0 Å². The summed E-state index contributed by atoms with van der Waals surface area (Å²) in [6.45, 7) is 0. The van der Waals surface area contributed by atoms with Gasteiger partial charge in [-0.15, -0.1) is 0 Å². The van der Waals surface area contributed by atoms with Crippen LogP contribution in [0.3, 0.4) is 0 Å². The van der Waals surface area contributed by atoms with Crippen LogP contribution < -0.4 is 0 Å². The van der Waals surface area contributed by atoms with Crippen LogP contribution in [0.2, 0.25) is 0 Å². The Hall–Kier alpha value is -6.06. The lowest BCUT2D eigenvalue weighted by Gasteiger charge is -2.17. The van der Waals surface area contributed by atoms with Crippen LogP contribution >= 0.6 is 0 Å². The fourth-order valence-corrected chi connectivity index (χ4v) is 7.23. The van der Waals surface area contributed by atoms with Crippen LogP contribution in [0, 0.1) is 0 Å². The Morgan fingerprint density at radius 2 is 0.978 bits per heavy atom. The van der Waals surface area contributed by atoms with Gasteiger partial charge < -0.3 is 4.42 Å². The van der Waals surface area contributed by atoms with Crippen molar-refractivity contribution in [3.63, 3.8) is 0 Å². The summed E-state index contributed by atoms with van der Waals surface area (Å²) in [4.78, 5) is 10.7. The molecule has 8 aromatic carbocycles. The number of aromatic nitrogens is 2. The zero-order chi connectivity index (χ0) is 29.5. The van der Waals surface area contributed by atoms with E-state index in [-0.39, 0.29) is 0 Å². The maximum absolute atomic E-state index is 6.31. The Morgan fingerprint density at radius 3 is 1.82 bits per heavy atom. The molecule has 0 unspecified atom stereocenters. The first-order valence-corrected chi connectivity index (χ1v) is 15.3. The molecule has 0 radical (unpaired) electrons. The van der Waals surface area contributed by atoms with E-state index in [2.05, 4.69) is 103 Å². The monoisotopic (exact) mass is 572 g/mol. The summed E-state index contributed by atoms with van der Waals surface area (Å²) in [6, 6.07) is 51.3. The molecule has 0 atom stereocenters. The fourth-order valence-electron chi connectivity index (χ4n) is 7.23. The second kappa shape index (κ2) is 9.22. The van der Waals surface area contributed by atoms with Crippen molar-refractivity contribution in [2.75, 3.05) is 0 Å². The van der Waals surface area contributed by atoms with Gasteiger partial charge in [0.2, 0.25) is 0 Å². The second-order valence-corrected chi connectivity index (χ2v) is 11.7. The first-order valence-electron chi connectivity index (χ1n) is 15.3. The van der Waals surface area contributed by atoms with E-state index < -0.39 is 0 Å². The molecule has 3 nitrogen and oxygen atoms in total. The predicted octanol–water partition coefficient (Wildman–Crippen LogP) is 11.5. The number of rotatable bonds is 2. The number of nitrogens with zero attached hydrogens (tertiary/aromatic N) is 2. The van der Waals surface area contributed by atoms with E-state index in [4.69, 9.17) is 14.4 Å². The van der Waals surface area contributed by atoms with Gasteiger partial charge in [-0.3, -0.25) is 0 Å². The highest BCUT2D eigenvalue weighted by Gasteiger charge is 2.21. The molecular weight excluding hydrogens is 548 g/mol. The van der Waals surface area contributed by atoms with Gasteiger partial charge in [-0.05, 0) is 73.4 Å². The van der Waals surface area contributed by atoms with Gasteiger partial charge in [-0.25, -0.2) is 9.97 Å². The average Bonchev–Trinajstić information content (AvgIpc) is 3.49. The third kappa shape index (κ3) is 3.52. The lowest BCUT2D eigenvalue weighted by atomic mass is 9.89. The van der Waals surface area contributed by atoms with Crippen molar-refractivity contribution in [2.45, 2.75) is 0 Å². The zero-order valence-corrected chi connectivity index (χ0v) is 24.2. The largest absolute Gasteiger partial charge is 0.456 e. The van der Waals surface area contributed by atoms with Crippen LogP contribution in [0.5, 0.6) is 0 Å². The molecule has 0 aliphatic heterocycles. The lowest BCUT2D eigenvalue weighted by molar-refractivity contribution is 0.669. The minimum Gasteiger partial charge on any atom is -0.456 e. The van der Waals surface area contributed by atoms with E-state index in [9.17, 15) is 0 Å². The number of hydrogen-bond donors (Lipinski definition) is 0. The summed E-state index contributed by atoms with van der Waals surface area (Å²) in [5.41, 5.74) is 7.23. The van der Waals surface area contributed by atoms with Crippen LogP contribution in [0.15, 0.2) is 150 Å². The summed E-state index contributed by atoms with van der Waals surface area (Å²) in [6.07, 6.45) is 0. The van der Waals surface area contributed by atoms with E-state index in [0.29, 0.717) is 0 Å². The van der Waals surface area contributed by atoms with Gasteiger partial charge in [0.25, 0.3) is 0 Å². The lowest BCUT2D eigenvalue weighted by Crippen LogP contribution is -1.97. The first kappa shape index (κ1) is 24.4. The molecule has 0 fully saturated rings. The molecule has 10 aromatic rings. The highest BCUT2D eigenvalue weighted by molar-refractivity contribution is 6.27. The number of hydrogen-bond acceptors (Lipinski definition) is 3. The Bertz CT molecular complexity index is 2830. The van der Waals surface area contributed by atoms with Gasteiger partial charge in [0.1, 0.15) is 11.2 Å². The molecule has 10 rings (SSSR count). The van der Waals surface area contributed by atoms with Crippen LogP contribution in [-0.4, -0.2) is 9.97 Å². The van der Waals surface area contributed by atoms with Gasteiger partial charge in [0.05, 0.1) is 22.4 Å². The van der Waals surface area contributed by atoms with E-state index in [1.165, 1.54) is 37.7 Å². The van der Waals surface area contributed by atoms with E-state index in [1.54, 1.807) is 0 Å². The molecule has 0 N–H and O–H groups in total. The molecule has 0 aliphatic carbocycles. The number of para-hydroxylation sites is 3. The van der Waals surface area contributed by atoms with Crippen molar-refractivity contribution >= 4 is 76.1 Å². The third-order valence-corrected chi connectivity index (χ3v) is 9.23. The molecule has 45 heavy (non-hydrogen) atoms. The molecule has 208 valence electrons. The molecule has 2 heterocycles. The molecule has 0 amide bonds. The topological polar surface area (TPSA) is 38.9 Å². The van der Waals surface area contributed by atoms with E-state index in [0.717, 1.165) is 60.9 Å². The quantitative estimate of drug-likeness (QED) is 0.193. The number of fused-ring (bicyclic) bond motifs is 11. The minimum atomic E-state index is 0.843. The van der Waals surface area contributed by atoms with Gasteiger partial charge >= 0.3 is 0 Å². The van der Waals surface area contributed by atoms with E-state index >= 15 is 0 Å². The van der Waals surface area contributed by atoms with Crippen molar-refractivity contribution in [1.29, 1.82) is 0 Å². The van der Waals surface area contributed by atoms with Gasteiger partial charge in [-0.1, -0.05) is 115 Å². The van der Waals surface area contributed by atoms with Crippen molar-refractivity contribution in [3.05, 3.63) is 146 Å². The molecule has 0 bridgehead atoms. The van der Waals surface area contributed by atoms with E-state index in [1.807, 2.05) is 42.5 Å². The fraction of sp³-hybridized carbons (Fsp3) is 0. The van der Waals surface area contributed by atoms with Gasteiger partial charge in [-0.2, -0.15) is 0 Å². The predicted molar refractivity (Wildman–Crippen MR) is 188 cm³/mol. The molecule has 2 aromatic heterocycles. The number of benzene rings is 8. The van der Waals surface area contributed by atoms with Crippen LogP contribution in [0.1, 0.15) is 0 Å². The third-order valence-electron chi connectivity index (χ3n) is 9.23. The molecule has 0 saturated carbocycles. The molecule has 0 aliphatic rings. The normalized spacial score (nSPS) is 12.0. The molecule has 3 heteroatoms. The summed E-state index contributed by atoms with van der Waals surface area (Å²) in [5, 5.41) is 11.9. The minimum absolute atomic E-state index is 0.843. The maximum Gasteiger partial charge on any atom is 0.136 e.